The number of methoxy groups -OCH3 is 1. The van der Waals surface area contributed by atoms with Gasteiger partial charge in [-0.2, -0.15) is 0 Å². The van der Waals surface area contributed by atoms with Gasteiger partial charge < -0.3 is 14.6 Å². The maximum absolute atomic E-state index is 12.1. The Labute approximate surface area is 146 Å². The molecule has 0 aliphatic carbocycles. The minimum absolute atomic E-state index is 0.162. The molecule has 128 valence electrons. The molecule has 3 aromatic rings. The zero-order valence-electron chi connectivity index (χ0n) is 14.1. The first-order valence-electron chi connectivity index (χ1n) is 8.15. The number of hydrogen-bond donors (Lipinski definition) is 1. The molecule has 0 saturated heterocycles. The van der Waals surface area contributed by atoms with Crippen LogP contribution in [0.1, 0.15) is 27.4 Å². The summed E-state index contributed by atoms with van der Waals surface area (Å²) >= 11 is 0. The van der Waals surface area contributed by atoms with Crippen LogP contribution in [0.15, 0.2) is 65.2 Å². The summed E-state index contributed by atoms with van der Waals surface area (Å²) in [5.74, 6) is 1.20. The number of nitrogens with one attached hydrogen (secondary N) is 1. The second-order valence-corrected chi connectivity index (χ2v) is 5.68. The molecule has 0 aliphatic heterocycles. The highest BCUT2D eigenvalue weighted by molar-refractivity contribution is 5.94. The summed E-state index contributed by atoms with van der Waals surface area (Å²) in [6.45, 7) is 0.309. The van der Waals surface area contributed by atoms with E-state index in [1.807, 2.05) is 24.3 Å². The predicted octanol–water partition coefficient (Wildman–Crippen LogP) is 3.40. The molecule has 2 aromatic carbocycles. The fraction of sp³-hybridized carbons (Fsp3) is 0.200. The van der Waals surface area contributed by atoms with Gasteiger partial charge in [0, 0.05) is 11.6 Å². The van der Waals surface area contributed by atoms with Crippen LogP contribution in [0.5, 0.6) is 5.75 Å². The van der Waals surface area contributed by atoms with E-state index in [0.717, 1.165) is 24.3 Å². The zero-order valence-corrected chi connectivity index (χ0v) is 14.1. The van der Waals surface area contributed by atoms with Crippen molar-refractivity contribution in [3.8, 4) is 5.75 Å². The van der Waals surface area contributed by atoms with Crippen LogP contribution in [0.2, 0.25) is 0 Å². The van der Waals surface area contributed by atoms with Crippen LogP contribution in [0.25, 0.3) is 0 Å². The van der Waals surface area contributed by atoms with Crippen LogP contribution < -0.4 is 10.1 Å². The van der Waals surface area contributed by atoms with Gasteiger partial charge in [-0.1, -0.05) is 35.5 Å². The van der Waals surface area contributed by atoms with Crippen LogP contribution in [0.4, 0.5) is 0 Å². The Morgan fingerprint density at radius 3 is 2.56 bits per heavy atom. The van der Waals surface area contributed by atoms with Crippen LogP contribution in [0, 0.1) is 0 Å². The van der Waals surface area contributed by atoms with E-state index in [-0.39, 0.29) is 5.91 Å². The molecule has 0 bridgehead atoms. The molecule has 0 spiro atoms. The summed E-state index contributed by atoms with van der Waals surface area (Å²) in [5.41, 5.74) is 2.72. The number of rotatable bonds is 7. The molecule has 1 heterocycles. The number of nitrogens with zero attached hydrogens (tertiary/aromatic N) is 1. The Morgan fingerprint density at radius 2 is 1.84 bits per heavy atom. The lowest BCUT2D eigenvalue weighted by Crippen LogP contribution is -2.22. The van der Waals surface area contributed by atoms with Crippen molar-refractivity contribution in [1.82, 2.24) is 10.5 Å². The van der Waals surface area contributed by atoms with Gasteiger partial charge in [0.1, 0.15) is 5.75 Å². The lowest BCUT2D eigenvalue weighted by atomic mass is 10.1. The first-order chi connectivity index (χ1) is 12.2. The number of benzene rings is 2. The lowest BCUT2D eigenvalue weighted by molar-refractivity contribution is 0.0947. The Morgan fingerprint density at radius 1 is 1.08 bits per heavy atom. The van der Waals surface area contributed by atoms with E-state index >= 15 is 0 Å². The first kappa shape index (κ1) is 16.8. The molecule has 1 amide bonds. The van der Waals surface area contributed by atoms with E-state index in [4.69, 9.17) is 9.26 Å². The van der Waals surface area contributed by atoms with E-state index < -0.39 is 0 Å². The van der Waals surface area contributed by atoms with Crippen molar-refractivity contribution < 1.29 is 14.1 Å². The predicted molar refractivity (Wildman–Crippen MR) is 94.5 cm³/mol. The lowest BCUT2D eigenvalue weighted by Gasteiger charge is -2.04. The van der Waals surface area contributed by atoms with Crippen LogP contribution in [-0.4, -0.2) is 18.2 Å². The molecule has 3 rings (SSSR count). The molecule has 25 heavy (non-hydrogen) atoms. The standard InChI is InChI=1S/C20H20N2O3/c1-24-18-11-8-16(9-12-18)20(23)21-14-19-13-17(22-25-19)10-7-15-5-3-2-4-6-15/h2-6,8-9,11-13H,7,10,14H2,1H3,(H,21,23). The summed E-state index contributed by atoms with van der Waals surface area (Å²) in [6, 6.07) is 19.1. The maximum atomic E-state index is 12.1. The maximum Gasteiger partial charge on any atom is 0.251 e. The topological polar surface area (TPSA) is 64.4 Å². The van der Waals surface area contributed by atoms with Crippen molar-refractivity contribution in [1.29, 1.82) is 0 Å². The second-order valence-electron chi connectivity index (χ2n) is 5.68. The molecule has 0 radical (unpaired) electrons. The van der Waals surface area contributed by atoms with Gasteiger partial charge in [0.25, 0.3) is 5.91 Å². The fourth-order valence-corrected chi connectivity index (χ4v) is 2.49. The van der Waals surface area contributed by atoms with Gasteiger partial charge in [-0.05, 0) is 42.7 Å². The molecular formula is C20H20N2O3. The van der Waals surface area contributed by atoms with Crippen molar-refractivity contribution in [3.05, 3.63) is 83.2 Å². The normalized spacial score (nSPS) is 10.4. The number of ether oxygens (including phenoxy) is 1. The van der Waals surface area contributed by atoms with Crippen LogP contribution in [-0.2, 0) is 19.4 Å². The molecule has 0 fully saturated rings. The number of hydrogen-bond acceptors (Lipinski definition) is 4. The Kier molecular flexibility index (Phi) is 5.46. The van der Waals surface area contributed by atoms with Crippen LogP contribution in [0.3, 0.4) is 0 Å². The average molecular weight is 336 g/mol. The van der Waals surface area contributed by atoms with E-state index in [9.17, 15) is 4.79 Å². The number of aromatic nitrogens is 1. The highest BCUT2D eigenvalue weighted by Gasteiger charge is 2.09. The zero-order chi connectivity index (χ0) is 17.5. The monoisotopic (exact) mass is 336 g/mol. The van der Waals surface area contributed by atoms with E-state index in [1.165, 1.54) is 5.56 Å². The number of carbonyl (C=O) groups excluding carboxylic acids is 1. The van der Waals surface area contributed by atoms with Crippen molar-refractivity contribution >= 4 is 5.91 Å². The summed E-state index contributed by atoms with van der Waals surface area (Å²) in [6.07, 6.45) is 1.71. The van der Waals surface area contributed by atoms with E-state index in [1.54, 1.807) is 31.4 Å². The van der Waals surface area contributed by atoms with Crippen molar-refractivity contribution in [2.24, 2.45) is 0 Å². The molecule has 0 unspecified atom stereocenters. The average Bonchev–Trinajstić information content (AvgIpc) is 3.13. The van der Waals surface area contributed by atoms with Gasteiger partial charge in [-0.25, -0.2) is 0 Å². The fourth-order valence-electron chi connectivity index (χ4n) is 2.49. The SMILES string of the molecule is COc1ccc(C(=O)NCc2cc(CCc3ccccc3)no2)cc1. The summed E-state index contributed by atoms with van der Waals surface area (Å²) in [7, 11) is 1.59. The van der Waals surface area contributed by atoms with Crippen molar-refractivity contribution in [3.63, 3.8) is 0 Å². The smallest absolute Gasteiger partial charge is 0.251 e. The van der Waals surface area contributed by atoms with Gasteiger partial charge in [0.15, 0.2) is 5.76 Å². The first-order valence-corrected chi connectivity index (χ1v) is 8.15. The second kappa shape index (κ2) is 8.15. The van der Waals surface area contributed by atoms with E-state index in [2.05, 4.69) is 22.6 Å². The van der Waals surface area contributed by atoms with Gasteiger partial charge in [0.05, 0.1) is 19.3 Å². The summed E-state index contributed by atoms with van der Waals surface area (Å²) in [5, 5.41) is 6.89. The third-order valence-electron chi connectivity index (χ3n) is 3.90. The van der Waals surface area contributed by atoms with Gasteiger partial charge >= 0.3 is 0 Å². The summed E-state index contributed by atoms with van der Waals surface area (Å²) < 4.78 is 10.4. The van der Waals surface area contributed by atoms with Gasteiger partial charge in [0.2, 0.25) is 0 Å². The Hall–Kier alpha value is -3.08. The minimum Gasteiger partial charge on any atom is -0.497 e. The van der Waals surface area contributed by atoms with E-state index in [0.29, 0.717) is 17.9 Å². The van der Waals surface area contributed by atoms with Crippen LogP contribution >= 0.6 is 0 Å². The summed E-state index contributed by atoms with van der Waals surface area (Å²) in [4.78, 5) is 12.1. The highest BCUT2D eigenvalue weighted by atomic mass is 16.5. The van der Waals surface area contributed by atoms with Gasteiger partial charge in [-0.15, -0.1) is 0 Å². The number of aryl methyl sites for hydroxylation is 2. The molecular weight excluding hydrogens is 316 g/mol. The van der Waals surface area contributed by atoms with Crippen molar-refractivity contribution in [2.45, 2.75) is 19.4 Å². The third kappa shape index (κ3) is 4.70. The molecule has 0 atom stereocenters. The molecule has 0 aliphatic rings. The quantitative estimate of drug-likeness (QED) is 0.718. The largest absolute Gasteiger partial charge is 0.497 e. The molecule has 1 N–H and O–H groups in total. The Balaban J connectivity index is 1.50. The molecule has 1 aromatic heterocycles. The third-order valence-corrected chi connectivity index (χ3v) is 3.90. The number of amides is 1. The molecule has 0 saturated carbocycles. The molecule has 5 heteroatoms. The highest BCUT2D eigenvalue weighted by Crippen LogP contribution is 2.12. The molecule has 5 nitrogen and oxygen atoms in total. The minimum atomic E-state index is -0.162. The van der Waals surface area contributed by atoms with Gasteiger partial charge in [-0.3, -0.25) is 4.79 Å². The number of carbonyl (C=O) groups is 1. The van der Waals surface area contributed by atoms with Crippen molar-refractivity contribution in [2.75, 3.05) is 7.11 Å². The Bertz CT molecular complexity index is 810.